The third-order valence-electron chi connectivity index (χ3n) is 3.63. The van der Waals surface area contributed by atoms with E-state index in [1.54, 1.807) is 12.1 Å². The van der Waals surface area contributed by atoms with Crippen molar-refractivity contribution in [3.8, 4) is 0 Å². The van der Waals surface area contributed by atoms with E-state index in [1.807, 2.05) is 0 Å². The van der Waals surface area contributed by atoms with Gasteiger partial charge in [0.15, 0.2) is 0 Å². The summed E-state index contributed by atoms with van der Waals surface area (Å²) in [4.78, 5) is 10.1. The molecule has 0 amide bonds. The largest absolute Gasteiger partial charge is 0.385 e. The van der Waals surface area contributed by atoms with Crippen molar-refractivity contribution in [3.05, 3.63) is 34.4 Å². The number of anilines is 1. The van der Waals surface area contributed by atoms with E-state index in [0.717, 1.165) is 25.3 Å². The second-order valence-electron chi connectivity index (χ2n) is 5.22. The molecule has 0 heterocycles. The predicted molar refractivity (Wildman–Crippen MR) is 79.0 cm³/mol. The first-order valence-corrected chi connectivity index (χ1v) is 7.35. The van der Waals surface area contributed by atoms with Gasteiger partial charge in [-0.2, -0.15) is 0 Å². The summed E-state index contributed by atoms with van der Waals surface area (Å²) < 4.78 is 5.84. The molecule has 1 N–H and O–H groups in total. The summed E-state index contributed by atoms with van der Waals surface area (Å²) >= 11 is 0. The van der Waals surface area contributed by atoms with Crippen LogP contribution in [0.15, 0.2) is 24.3 Å². The third-order valence-corrected chi connectivity index (χ3v) is 3.63. The Bertz CT molecular complexity index is 414. The maximum absolute atomic E-state index is 10.5. The Kier molecular flexibility index (Phi) is 5.80. The van der Waals surface area contributed by atoms with E-state index >= 15 is 0 Å². The van der Waals surface area contributed by atoms with Crippen molar-refractivity contribution in [2.75, 3.05) is 18.5 Å². The number of non-ortho nitro benzene ring substituents is 1. The van der Waals surface area contributed by atoms with Gasteiger partial charge in [-0.3, -0.25) is 10.1 Å². The van der Waals surface area contributed by atoms with Gasteiger partial charge in [0.2, 0.25) is 0 Å². The van der Waals surface area contributed by atoms with Crippen LogP contribution < -0.4 is 5.32 Å². The maximum atomic E-state index is 10.5. The zero-order valence-corrected chi connectivity index (χ0v) is 11.7. The van der Waals surface area contributed by atoms with Gasteiger partial charge in [0.05, 0.1) is 11.0 Å². The number of nitro benzene ring substituents is 1. The van der Waals surface area contributed by atoms with Gasteiger partial charge in [-0.15, -0.1) is 0 Å². The van der Waals surface area contributed by atoms with Crippen LogP contribution in [0.1, 0.15) is 38.5 Å². The van der Waals surface area contributed by atoms with E-state index in [2.05, 4.69) is 5.32 Å². The fourth-order valence-corrected chi connectivity index (χ4v) is 2.49. The zero-order chi connectivity index (χ0) is 14.2. The quantitative estimate of drug-likeness (QED) is 0.468. The number of ether oxygens (including phenoxy) is 1. The molecule has 5 nitrogen and oxygen atoms in total. The Morgan fingerprint density at radius 1 is 1.20 bits per heavy atom. The van der Waals surface area contributed by atoms with E-state index in [1.165, 1.54) is 44.2 Å². The molecule has 2 rings (SSSR count). The standard InChI is InChI=1S/C15H22N2O3/c18-17(19)14-9-7-13(8-10-14)16-11-4-12-20-15-5-2-1-3-6-15/h7-10,15-16H,1-6,11-12H2. The molecular formula is C15H22N2O3. The van der Waals surface area contributed by atoms with Gasteiger partial charge >= 0.3 is 0 Å². The molecule has 20 heavy (non-hydrogen) atoms. The average molecular weight is 278 g/mol. The maximum Gasteiger partial charge on any atom is 0.269 e. The molecular weight excluding hydrogens is 256 g/mol. The molecule has 1 aromatic carbocycles. The summed E-state index contributed by atoms with van der Waals surface area (Å²) in [5.74, 6) is 0. The van der Waals surface area contributed by atoms with Crippen LogP contribution in [0.2, 0.25) is 0 Å². The van der Waals surface area contributed by atoms with Crippen molar-refractivity contribution in [2.24, 2.45) is 0 Å². The minimum Gasteiger partial charge on any atom is -0.385 e. The SMILES string of the molecule is O=[N+]([O-])c1ccc(NCCCOC2CCCCC2)cc1. The normalized spacial score (nSPS) is 16.0. The molecule has 1 saturated carbocycles. The molecule has 0 unspecified atom stereocenters. The molecule has 0 spiro atoms. The van der Waals surface area contributed by atoms with Gasteiger partial charge in [-0.1, -0.05) is 19.3 Å². The van der Waals surface area contributed by atoms with Gasteiger partial charge < -0.3 is 10.1 Å². The van der Waals surface area contributed by atoms with Gasteiger partial charge in [-0.25, -0.2) is 0 Å². The molecule has 1 fully saturated rings. The fraction of sp³-hybridized carbons (Fsp3) is 0.600. The van der Waals surface area contributed by atoms with Crippen molar-refractivity contribution < 1.29 is 9.66 Å². The van der Waals surface area contributed by atoms with Crippen molar-refractivity contribution in [2.45, 2.75) is 44.6 Å². The summed E-state index contributed by atoms with van der Waals surface area (Å²) in [5.41, 5.74) is 1.03. The summed E-state index contributed by atoms with van der Waals surface area (Å²) in [6.07, 6.45) is 7.76. The van der Waals surface area contributed by atoms with Crippen molar-refractivity contribution in [1.29, 1.82) is 0 Å². The average Bonchev–Trinajstić information content (AvgIpc) is 2.48. The first-order chi connectivity index (χ1) is 9.75. The molecule has 0 aromatic heterocycles. The molecule has 0 aliphatic heterocycles. The second-order valence-corrected chi connectivity index (χ2v) is 5.22. The van der Waals surface area contributed by atoms with Crippen LogP contribution in [0.25, 0.3) is 0 Å². The fourth-order valence-electron chi connectivity index (χ4n) is 2.49. The minimum absolute atomic E-state index is 0.121. The van der Waals surface area contributed by atoms with Crippen LogP contribution in [-0.2, 0) is 4.74 Å². The highest BCUT2D eigenvalue weighted by atomic mass is 16.6. The lowest BCUT2D eigenvalue weighted by molar-refractivity contribution is -0.384. The number of nitrogens with zero attached hydrogens (tertiary/aromatic N) is 1. The summed E-state index contributed by atoms with van der Waals surface area (Å²) in [6.45, 7) is 1.61. The summed E-state index contributed by atoms with van der Waals surface area (Å²) in [5, 5.41) is 13.8. The third kappa shape index (κ3) is 4.81. The van der Waals surface area contributed by atoms with E-state index in [9.17, 15) is 10.1 Å². The number of hydrogen-bond donors (Lipinski definition) is 1. The topological polar surface area (TPSA) is 64.4 Å². The lowest BCUT2D eigenvalue weighted by Crippen LogP contribution is -2.18. The number of nitrogens with one attached hydrogen (secondary N) is 1. The van der Waals surface area contributed by atoms with Crippen LogP contribution in [0.5, 0.6) is 0 Å². The number of rotatable bonds is 7. The monoisotopic (exact) mass is 278 g/mol. The van der Waals surface area contributed by atoms with E-state index in [-0.39, 0.29) is 10.6 Å². The van der Waals surface area contributed by atoms with Crippen LogP contribution >= 0.6 is 0 Å². The van der Waals surface area contributed by atoms with Crippen LogP contribution in [0.4, 0.5) is 11.4 Å². The van der Waals surface area contributed by atoms with Gasteiger partial charge in [0, 0.05) is 31.0 Å². The van der Waals surface area contributed by atoms with Gasteiger partial charge in [-0.05, 0) is 31.4 Å². The van der Waals surface area contributed by atoms with Crippen LogP contribution in [0.3, 0.4) is 0 Å². The van der Waals surface area contributed by atoms with Crippen molar-refractivity contribution >= 4 is 11.4 Å². The van der Waals surface area contributed by atoms with E-state index in [4.69, 9.17) is 4.74 Å². The number of nitro groups is 1. The summed E-state index contributed by atoms with van der Waals surface area (Å²) in [6, 6.07) is 6.50. The molecule has 1 aliphatic rings. The highest BCUT2D eigenvalue weighted by molar-refractivity contribution is 5.48. The molecule has 110 valence electrons. The Labute approximate surface area is 119 Å². The molecule has 0 bridgehead atoms. The number of benzene rings is 1. The molecule has 1 aromatic rings. The summed E-state index contributed by atoms with van der Waals surface area (Å²) in [7, 11) is 0. The Balaban J connectivity index is 1.59. The van der Waals surface area contributed by atoms with Crippen LogP contribution in [-0.4, -0.2) is 24.2 Å². The Morgan fingerprint density at radius 3 is 2.55 bits per heavy atom. The van der Waals surface area contributed by atoms with E-state index < -0.39 is 0 Å². The zero-order valence-electron chi connectivity index (χ0n) is 11.7. The number of hydrogen-bond acceptors (Lipinski definition) is 4. The highest BCUT2D eigenvalue weighted by Crippen LogP contribution is 2.20. The molecule has 0 saturated heterocycles. The second kappa shape index (κ2) is 7.85. The van der Waals surface area contributed by atoms with Crippen molar-refractivity contribution in [3.63, 3.8) is 0 Å². The molecule has 0 atom stereocenters. The lowest BCUT2D eigenvalue weighted by Gasteiger charge is -2.22. The van der Waals surface area contributed by atoms with Gasteiger partial charge in [0.25, 0.3) is 5.69 Å². The molecule has 5 heteroatoms. The highest BCUT2D eigenvalue weighted by Gasteiger charge is 2.12. The van der Waals surface area contributed by atoms with Gasteiger partial charge in [0.1, 0.15) is 0 Å². The van der Waals surface area contributed by atoms with E-state index in [0.29, 0.717) is 6.10 Å². The first-order valence-electron chi connectivity index (χ1n) is 7.35. The predicted octanol–water partition coefficient (Wildman–Crippen LogP) is 3.75. The first kappa shape index (κ1) is 14.8. The molecule has 0 radical (unpaired) electrons. The Hall–Kier alpha value is -1.62. The van der Waals surface area contributed by atoms with Crippen LogP contribution in [0, 0.1) is 10.1 Å². The minimum atomic E-state index is -0.387. The lowest BCUT2D eigenvalue weighted by atomic mass is 9.98. The Morgan fingerprint density at radius 2 is 1.90 bits per heavy atom. The van der Waals surface area contributed by atoms with Crippen molar-refractivity contribution in [1.82, 2.24) is 0 Å². The molecule has 1 aliphatic carbocycles. The smallest absolute Gasteiger partial charge is 0.269 e.